The minimum absolute atomic E-state index is 0.190. The molecule has 1 aromatic carbocycles. The molecule has 0 aliphatic heterocycles. The molecule has 0 saturated heterocycles. The largest absolute Gasteiger partial charge is 0.450 e. The van der Waals surface area contributed by atoms with Crippen LogP contribution in [-0.2, 0) is 11.8 Å². The summed E-state index contributed by atoms with van der Waals surface area (Å²) < 4.78 is 41.7. The number of hydrogen-bond acceptors (Lipinski definition) is 3. The summed E-state index contributed by atoms with van der Waals surface area (Å²) in [5, 5.41) is 10.0. The number of hydrogen-bond donors (Lipinski definition) is 2. The highest BCUT2D eigenvalue weighted by Gasteiger charge is 2.38. The Labute approximate surface area is 146 Å². The molecule has 0 saturated carbocycles. The molecule has 4 aromatic rings. The number of aliphatic hydroxyl groups is 1. The van der Waals surface area contributed by atoms with Crippen LogP contribution in [0.3, 0.4) is 0 Å². The van der Waals surface area contributed by atoms with Crippen molar-refractivity contribution in [3.63, 3.8) is 0 Å². The number of benzene rings is 1. The van der Waals surface area contributed by atoms with E-state index >= 15 is 0 Å². The Morgan fingerprint density at radius 2 is 1.73 bits per heavy atom. The van der Waals surface area contributed by atoms with Crippen LogP contribution in [0.2, 0.25) is 0 Å². The maximum atomic E-state index is 13.6. The van der Waals surface area contributed by atoms with E-state index in [1.807, 2.05) is 0 Å². The smallest absolute Gasteiger partial charge is 0.386 e. The highest BCUT2D eigenvalue weighted by molar-refractivity contribution is 5.84. The van der Waals surface area contributed by atoms with Crippen molar-refractivity contribution in [2.24, 2.45) is 0 Å². The molecule has 0 atom stereocenters. The third-order valence-corrected chi connectivity index (χ3v) is 4.29. The lowest BCUT2D eigenvalue weighted by Gasteiger charge is -2.17. The standard InChI is InChI=1S/C18H15F3N4O/c1-17(2,26)11-5-3-10(4-6-11)14-13-9-23-15-12(7-8-22-15)25(13)16(24-14)18(19,20)21/h3-9,22,26H,1-2H3. The SMILES string of the molecule is CC(C)(O)c1ccc(-c2nc(C(F)(F)F)n3c2cnc2[nH]ccc23)cc1. The van der Waals surface area contributed by atoms with Crippen LogP contribution in [0.5, 0.6) is 0 Å². The van der Waals surface area contributed by atoms with Gasteiger partial charge in [-0.05, 0) is 25.5 Å². The highest BCUT2D eigenvalue weighted by Crippen LogP contribution is 2.35. The highest BCUT2D eigenvalue weighted by atomic mass is 19.4. The molecule has 0 amide bonds. The Balaban J connectivity index is 1.99. The molecular weight excluding hydrogens is 345 g/mol. The van der Waals surface area contributed by atoms with Crippen molar-refractivity contribution in [1.82, 2.24) is 19.4 Å². The first-order chi connectivity index (χ1) is 12.2. The fourth-order valence-corrected chi connectivity index (χ4v) is 3.00. The van der Waals surface area contributed by atoms with Gasteiger partial charge in [0.15, 0.2) is 5.65 Å². The van der Waals surface area contributed by atoms with Gasteiger partial charge in [0.1, 0.15) is 0 Å². The van der Waals surface area contributed by atoms with Crippen LogP contribution in [0, 0.1) is 0 Å². The second-order valence-corrected chi connectivity index (χ2v) is 6.61. The number of nitrogens with zero attached hydrogens (tertiary/aromatic N) is 3. The summed E-state index contributed by atoms with van der Waals surface area (Å²) in [5.41, 5.74) is 1.25. The second-order valence-electron chi connectivity index (χ2n) is 6.61. The summed E-state index contributed by atoms with van der Waals surface area (Å²) >= 11 is 0. The summed E-state index contributed by atoms with van der Waals surface area (Å²) in [6.45, 7) is 3.28. The zero-order valence-electron chi connectivity index (χ0n) is 14.0. The molecule has 26 heavy (non-hydrogen) atoms. The topological polar surface area (TPSA) is 66.2 Å². The number of imidazole rings is 1. The lowest BCUT2D eigenvalue weighted by atomic mass is 9.97. The summed E-state index contributed by atoms with van der Waals surface area (Å²) in [4.78, 5) is 10.9. The van der Waals surface area contributed by atoms with Gasteiger partial charge < -0.3 is 10.1 Å². The Bertz CT molecular complexity index is 1100. The number of nitrogens with one attached hydrogen (secondary N) is 1. The summed E-state index contributed by atoms with van der Waals surface area (Å²) in [6, 6.07) is 8.19. The van der Waals surface area contributed by atoms with E-state index in [4.69, 9.17) is 0 Å². The van der Waals surface area contributed by atoms with Crippen molar-refractivity contribution in [3.05, 3.63) is 54.1 Å². The van der Waals surface area contributed by atoms with Gasteiger partial charge in [-0.25, -0.2) is 9.97 Å². The van der Waals surface area contributed by atoms with E-state index in [1.165, 1.54) is 18.5 Å². The number of fused-ring (bicyclic) bond motifs is 3. The molecule has 3 aromatic heterocycles. The molecule has 0 unspecified atom stereocenters. The van der Waals surface area contributed by atoms with Gasteiger partial charge >= 0.3 is 6.18 Å². The van der Waals surface area contributed by atoms with E-state index in [0.717, 1.165) is 4.40 Å². The molecule has 8 heteroatoms. The van der Waals surface area contributed by atoms with Crippen LogP contribution in [0.4, 0.5) is 13.2 Å². The first-order valence-electron chi connectivity index (χ1n) is 7.91. The second kappa shape index (κ2) is 5.31. The van der Waals surface area contributed by atoms with Crippen LogP contribution < -0.4 is 0 Å². The maximum absolute atomic E-state index is 13.6. The van der Waals surface area contributed by atoms with Gasteiger partial charge in [-0.1, -0.05) is 24.3 Å². The minimum atomic E-state index is -4.61. The molecule has 0 radical (unpaired) electrons. The molecule has 4 rings (SSSR count). The predicted octanol–water partition coefficient (Wildman–Crippen LogP) is 4.12. The molecule has 0 spiro atoms. The van der Waals surface area contributed by atoms with Gasteiger partial charge in [0.05, 0.1) is 28.5 Å². The quantitative estimate of drug-likeness (QED) is 0.565. The normalized spacial score (nSPS) is 13.0. The van der Waals surface area contributed by atoms with Crippen molar-refractivity contribution in [2.45, 2.75) is 25.6 Å². The molecule has 3 heterocycles. The number of aromatic nitrogens is 4. The summed E-state index contributed by atoms with van der Waals surface area (Å²) in [5.74, 6) is -0.999. The average molecular weight is 360 g/mol. The molecule has 0 aliphatic rings. The van der Waals surface area contributed by atoms with E-state index in [1.54, 1.807) is 38.1 Å². The lowest BCUT2D eigenvalue weighted by molar-refractivity contribution is -0.145. The molecular formula is C18H15F3N4O. The van der Waals surface area contributed by atoms with Crippen molar-refractivity contribution in [3.8, 4) is 11.3 Å². The van der Waals surface area contributed by atoms with Gasteiger partial charge in [-0.3, -0.25) is 4.40 Å². The van der Waals surface area contributed by atoms with E-state index in [-0.39, 0.29) is 11.2 Å². The Morgan fingerprint density at radius 1 is 1.04 bits per heavy atom. The van der Waals surface area contributed by atoms with E-state index in [0.29, 0.717) is 22.3 Å². The lowest BCUT2D eigenvalue weighted by Crippen LogP contribution is -2.14. The molecule has 0 fully saturated rings. The molecule has 5 nitrogen and oxygen atoms in total. The van der Waals surface area contributed by atoms with Crippen LogP contribution in [0.25, 0.3) is 27.9 Å². The first kappa shape index (κ1) is 16.6. The summed E-state index contributed by atoms with van der Waals surface area (Å²) in [7, 11) is 0. The van der Waals surface area contributed by atoms with Gasteiger partial charge in [-0.15, -0.1) is 0 Å². The zero-order chi connectivity index (χ0) is 18.7. The van der Waals surface area contributed by atoms with E-state index < -0.39 is 17.6 Å². The fraction of sp³-hybridized carbons (Fsp3) is 0.222. The Kier molecular flexibility index (Phi) is 3.39. The third-order valence-electron chi connectivity index (χ3n) is 4.29. The van der Waals surface area contributed by atoms with Crippen molar-refractivity contribution in [2.75, 3.05) is 0 Å². The van der Waals surface area contributed by atoms with E-state index in [9.17, 15) is 18.3 Å². The van der Waals surface area contributed by atoms with Crippen LogP contribution >= 0.6 is 0 Å². The van der Waals surface area contributed by atoms with Crippen molar-refractivity contribution < 1.29 is 18.3 Å². The van der Waals surface area contributed by atoms with Crippen molar-refractivity contribution >= 4 is 16.7 Å². The zero-order valence-corrected chi connectivity index (χ0v) is 14.0. The van der Waals surface area contributed by atoms with Gasteiger partial charge in [-0.2, -0.15) is 13.2 Å². The Morgan fingerprint density at radius 3 is 2.35 bits per heavy atom. The molecule has 2 N–H and O–H groups in total. The number of rotatable bonds is 2. The molecule has 0 aliphatic carbocycles. The molecule has 0 bridgehead atoms. The number of aromatic amines is 1. The van der Waals surface area contributed by atoms with Gasteiger partial charge in [0.25, 0.3) is 0 Å². The Hall–Kier alpha value is -2.87. The number of halogens is 3. The monoisotopic (exact) mass is 360 g/mol. The van der Waals surface area contributed by atoms with Crippen LogP contribution in [0.1, 0.15) is 25.2 Å². The number of alkyl halides is 3. The van der Waals surface area contributed by atoms with Crippen molar-refractivity contribution in [1.29, 1.82) is 0 Å². The first-order valence-corrected chi connectivity index (χ1v) is 7.91. The molecule has 134 valence electrons. The average Bonchev–Trinajstić information content (AvgIpc) is 3.17. The van der Waals surface area contributed by atoms with Gasteiger partial charge in [0.2, 0.25) is 5.82 Å². The van der Waals surface area contributed by atoms with E-state index in [2.05, 4.69) is 15.0 Å². The summed E-state index contributed by atoms with van der Waals surface area (Å²) in [6.07, 6.45) is -1.70. The third kappa shape index (κ3) is 2.53. The minimum Gasteiger partial charge on any atom is -0.386 e. The predicted molar refractivity (Wildman–Crippen MR) is 90.5 cm³/mol. The van der Waals surface area contributed by atoms with Crippen LogP contribution in [0.15, 0.2) is 42.7 Å². The fourth-order valence-electron chi connectivity index (χ4n) is 3.00. The van der Waals surface area contributed by atoms with Gasteiger partial charge in [0, 0.05) is 11.8 Å². The van der Waals surface area contributed by atoms with Crippen LogP contribution in [-0.4, -0.2) is 24.5 Å². The maximum Gasteiger partial charge on any atom is 0.450 e. The number of H-pyrrole nitrogens is 1.